The van der Waals surface area contributed by atoms with E-state index in [4.69, 9.17) is 4.74 Å². The highest BCUT2D eigenvalue weighted by Crippen LogP contribution is 2.26. The molecule has 0 spiro atoms. The molecular weight excluding hydrogens is 372 g/mol. The van der Waals surface area contributed by atoms with Gasteiger partial charge in [0.05, 0.1) is 12.4 Å². The maximum atomic E-state index is 12.6. The molecule has 0 aliphatic heterocycles. The number of imidazole rings is 1. The molecule has 0 bridgehead atoms. The second-order valence-electron chi connectivity index (χ2n) is 6.47. The molecule has 146 valence electrons. The van der Waals surface area contributed by atoms with E-state index in [-0.39, 0.29) is 11.2 Å². The van der Waals surface area contributed by atoms with E-state index in [1.54, 1.807) is 13.3 Å². The standard InChI is InChI=1S/C21H24N4O2S/c1-15(20(26)23-16-5-7-17(8-6-16)24(2)3)28-21-22-13-14-25(21)18-9-11-19(27-4)12-10-18/h5-15H,1-4H3,(H,23,26)/t15-/m0/s1. The topological polar surface area (TPSA) is 59.4 Å². The van der Waals surface area contributed by atoms with Gasteiger partial charge in [-0.05, 0) is 55.5 Å². The first-order valence-corrected chi connectivity index (χ1v) is 9.78. The summed E-state index contributed by atoms with van der Waals surface area (Å²) in [5, 5.41) is 3.42. The summed E-state index contributed by atoms with van der Waals surface area (Å²) in [5.74, 6) is 0.734. The minimum atomic E-state index is -0.298. The average Bonchev–Trinajstić information content (AvgIpc) is 3.16. The molecule has 0 unspecified atom stereocenters. The Labute approximate surface area is 169 Å². The molecular formula is C21H24N4O2S. The van der Waals surface area contributed by atoms with Crippen molar-refractivity contribution in [1.82, 2.24) is 9.55 Å². The van der Waals surface area contributed by atoms with Gasteiger partial charge in [-0.15, -0.1) is 0 Å². The SMILES string of the molecule is COc1ccc(-n2ccnc2S[C@@H](C)C(=O)Nc2ccc(N(C)C)cc2)cc1. The number of carbonyl (C=O) groups excluding carboxylic acids is 1. The summed E-state index contributed by atoms with van der Waals surface area (Å²) in [6.07, 6.45) is 3.62. The molecule has 7 heteroatoms. The van der Waals surface area contributed by atoms with Gasteiger partial charge < -0.3 is 15.0 Å². The third kappa shape index (κ3) is 4.67. The molecule has 28 heavy (non-hydrogen) atoms. The van der Waals surface area contributed by atoms with Crippen LogP contribution in [0.2, 0.25) is 0 Å². The molecule has 0 fully saturated rings. The van der Waals surface area contributed by atoms with Crippen LogP contribution in [-0.2, 0) is 4.79 Å². The summed E-state index contributed by atoms with van der Waals surface area (Å²) in [5.41, 5.74) is 2.83. The molecule has 6 nitrogen and oxygen atoms in total. The van der Waals surface area contributed by atoms with E-state index in [1.165, 1.54) is 11.8 Å². The van der Waals surface area contributed by atoms with E-state index in [0.29, 0.717) is 0 Å². The molecule has 0 radical (unpaired) electrons. The molecule has 2 aromatic carbocycles. The number of thioether (sulfide) groups is 1. The van der Waals surface area contributed by atoms with Crippen molar-refractivity contribution in [2.45, 2.75) is 17.3 Å². The zero-order valence-corrected chi connectivity index (χ0v) is 17.2. The molecule has 3 aromatic rings. The van der Waals surface area contributed by atoms with Gasteiger partial charge in [-0.1, -0.05) is 11.8 Å². The Morgan fingerprint density at radius 2 is 1.82 bits per heavy atom. The normalized spacial score (nSPS) is 11.7. The van der Waals surface area contributed by atoms with E-state index in [1.807, 2.05) is 85.2 Å². The summed E-state index contributed by atoms with van der Waals surface area (Å²) in [4.78, 5) is 19.0. The maximum Gasteiger partial charge on any atom is 0.237 e. The number of amides is 1. The van der Waals surface area contributed by atoms with Crippen LogP contribution in [0.4, 0.5) is 11.4 Å². The summed E-state index contributed by atoms with van der Waals surface area (Å²) >= 11 is 1.42. The molecule has 1 aromatic heterocycles. The van der Waals surface area contributed by atoms with Gasteiger partial charge >= 0.3 is 0 Å². The van der Waals surface area contributed by atoms with Gasteiger partial charge in [0.15, 0.2) is 5.16 Å². The van der Waals surface area contributed by atoms with Gasteiger partial charge in [0.1, 0.15) is 5.75 Å². The van der Waals surface area contributed by atoms with Crippen LogP contribution in [0.5, 0.6) is 5.75 Å². The van der Waals surface area contributed by atoms with Crippen LogP contribution in [0.3, 0.4) is 0 Å². The quantitative estimate of drug-likeness (QED) is 0.610. The summed E-state index contributed by atoms with van der Waals surface area (Å²) in [6, 6.07) is 15.5. The number of aromatic nitrogens is 2. The fourth-order valence-corrected chi connectivity index (χ4v) is 3.50. The van der Waals surface area contributed by atoms with Crippen LogP contribution in [0.1, 0.15) is 6.92 Å². The third-order valence-corrected chi connectivity index (χ3v) is 5.34. The van der Waals surface area contributed by atoms with Gasteiger partial charge in [0, 0.05) is 43.6 Å². The molecule has 0 aliphatic carbocycles. The Morgan fingerprint density at radius 3 is 2.43 bits per heavy atom. The van der Waals surface area contributed by atoms with E-state index in [9.17, 15) is 4.79 Å². The minimum absolute atomic E-state index is 0.0631. The smallest absolute Gasteiger partial charge is 0.237 e. The van der Waals surface area contributed by atoms with Gasteiger partial charge in [0.25, 0.3) is 0 Å². The number of hydrogen-bond acceptors (Lipinski definition) is 5. The lowest BCUT2D eigenvalue weighted by Crippen LogP contribution is -2.22. The highest BCUT2D eigenvalue weighted by atomic mass is 32.2. The van der Waals surface area contributed by atoms with Gasteiger partial charge in [-0.25, -0.2) is 4.98 Å². The number of benzene rings is 2. The molecule has 1 N–H and O–H groups in total. The molecule has 0 saturated carbocycles. The number of hydrogen-bond donors (Lipinski definition) is 1. The van der Waals surface area contributed by atoms with Crippen LogP contribution in [-0.4, -0.2) is 41.9 Å². The first-order valence-electron chi connectivity index (χ1n) is 8.90. The lowest BCUT2D eigenvalue weighted by Gasteiger charge is -2.15. The van der Waals surface area contributed by atoms with E-state index >= 15 is 0 Å². The van der Waals surface area contributed by atoms with E-state index in [2.05, 4.69) is 10.3 Å². The Kier molecular flexibility index (Phi) is 6.26. The number of nitrogens with one attached hydrogen (secondary N) is 1. The second kappa shape index (κ2) is 8.84. The predicted octanol–water partition coefficient (Wildman–Crippen LogP) is 4.07. The monoisotopic (exact) mass is 396 g/mol. The Balaban J connectivity index is 1.66. The van der Waals surface area contributed by atoms with Crippen LogP contribution >= 0.6 is 11.8 Å². The van der Waals surface area contributed by atoms with Crippen molar-refractivity contribution in [3.8, 4) is 11.4 Å². The maximum absolute atomic E-state index is 12.6. The van der Waals surface area contributed by atoms with E-state index < -0.39 is 0 Å². The lowest BCUT2D eigenvalue weighted by molar-refractivity contribution is -0.115. The van der Waals surface area contributed by atoms with Crippen molar-refractivity contribution in [3.63, 3.8) is 0 Å². The van der Waals surface area contributed by atoms with Crippen molar-refractivity contribution in [1.29, 1.82) is 0 Å². The molecule has 1 amide bonds. The van der Waals surface area contributed by atoms with Crippen LogP contribution in [0.15, 0.2) is 66.1 Å². The zero-order valence-electron chi connectivity index (χ0n) is 16.4. The number of carbonyl (C=O) groups is 1. The number of ether oxygens (including phenoxy) is 1. The minimum Gasteiger partial charge on any atom is -0.497 e. The zero-order chi connectivity index (χ0) is 20.1. The Hall–Kier alpha value is -2.93. The largest absolute Gasteiger partial charge is 0.497 e. The van der Waals surface area contributed by atoms with Crippen molar-refractivity contribution < 1.29 is 9.53 Å². The van der Waals surface area contributed by atoms with Crippen LogP contribution in [0, 0.1) is 0 Å². The summed E-state index contributed by atoms with van der Waals surface area (Å²) in [6.45, 7) is 1.88. The number of methoxy groups -OCH3 is 1. The lowest BCUT2D eigenvalue weighted by atomic mass is 10.2. The van der Waals surface area contributed by atoms with E-state index in [0.717, 1.165) is 28.0 Å². The average molecular weight is 397 g/mol. The predicted molar refractivity (Wildman–Crippen MR) is 115 cm³/mol. The summed E-state index contributed by atoms with van der Waals surface area (Å²) in [7, 11) is 5.61. The first-order chi connectivity index (χ1) is 13.5. The number of nitrogens with zero attached hydrogens (tertiary/aromatic N) is 3. The van der Waals surface area contributed by atoms with Gasteiger partial charge in [0.2, 0.25) is 5.91 Å². The first kappa shape index (κ1) is 19.8. The second-order valence-corrected chi connectivity index (χ2v) is 7.78. The third-order valence-electron chi connectivity index (χ3n) is 4.26. The highest BCUT2D eigenvalue weighted by Gasteiger charge is 2.18. The fourth-order valence-electron chi connectivity index (χ4n) is 2.61. The summed E-state index contributed by atoms with van der Waals surface area (Å²) < 4.78 is 7.16. The molecule has 3 rings (SSSR count). The van der Waals surface area contributed by atoms with Gasteiger partial charge in [-0.2, -0.15) is 0 Å². The van der Waals surface area contributed by atoms with Crippen molar-refractivity contribution in [2.75, 3.05) is 31.4 Å². The molecule has 0 aliphatic rings. The molecule has 1 heterocycles. The van der Waals surface area contributed by atoms with Gasteiger partial charge in [-0.3, -0.25) is 9.36 Å². The Morgan fingerprint density at radius 1 is 1.14 bits per heavy atom. The molecule has 0 saturated heterocycles. The number of anilines is 2. The highest BCUT2D eigenvalue weighted by molar-refractivity contribution is 8.00. The number of rotatable bonds is 7. The van der Waals surface area contributed by atoms with Crippen LogP contribution in [0.25, 0.3) is 5.69 Å². The van der Waals surface area contributed by atoms with Crippen molar-refractivity contribution in [2.24, 2.45) is 0 Å². The Bertz CT molecular complexity index is 920. The molecule has 1 atom stereocenters. The van der Waals surface area contributed by atoms with Crippen LogP contribution < -0.4 is 15.0 Å². The van der Waals surface area contributed by atoms with Crippen molar-refractivity contribution in [3.05, 3.63) is 60.9 Å². The fraction of sp³-hybridized carbons (Fsp3) is 0.238. The van der Waals surface area contributed by atoms with Crippen molar-refractivity contribution >= 4 is 29.0 Å².